The number of ether oxygens (including phenoxy) is 4. The lowest BCUT2D eigenvalue weighted by molar-refractivity contribution is -0.287. The van der Waals surface area contributed by atoms with Gasteiger partial charge in [-0.2, -0.15) is 0 Å². The van der Waals surface area contributed by atoms with E-state index in [-0.39, 0.29) is 35.9 Å². The Kier molecular flexibility index (Phi) is 6.84. The molecule has 6 aliphatic rings. The molecular formula is C30H44O9. The number of aldehydes is 1. The van der Waals surface area contributed by atoms with Gasteiger partial charge in [-0.3, -0.25) is 0 Å². The summed E-state index contributed by atoms with van der Waals surface area (Å²) in [5.74, 6) is -0.420. The first kappa shape index (κ1) is 27.8. The summed E-state index contributed by atoms with van der Waals surface area (Å²) in [6.45, 7) is 4.25. The molecule has 0 bridgehead atoms. The molecule has 0 spiro atoms. The molecule has 9 heteroatoms. The predicted octanol–water partition coefficient (Wildman–Crippen LogP) is 2.43. The number of aliphatic hydroxyl groups excluding tert-OH is 1. The molecule has 3 N–H and O–H groups in total. The van der Waals surface area contributed by atoms with Crippen LogP contribution in [0.4, 0.5) is 0 Å². The molecule has 2 heterocycles. The maximum absolute atomic E-state index is 13.0. The molecule has 0 unspecified atom stereocenters. The third-order valence-electron chi connectivity index (χ3n) is 12.1. The molecule has 1 saturated heterocycles. The Morgan fingerprint density at radius 3 is 2.54 bits per heavy atom. The van der Waals surface area contributed by atoms with Crippen LogP contribution in [0.3, 0.4) is 0 Å². The Bertz CT molecular complexity index is 1030. The van der Waals surface area contributed by atoms with Gasteiger partial charge in [0.05, 0.1) is 34.9 Å². The van der Waals surface area contributed by atoms with Crippen molar-refractivity contribution in [3.8, 4) is 0 Å². The number of cyclic esters (lactones) is 1. The molecule has 0 aromatic heterocycles. The third kappa shape index (κ3) is 3.94. The second-order valence-corrected chi connectivity index (χ2v) is 13.5. The standard InChI is InChI=1S/C30H44O9/c1-17-26(33)23(36-3)13-25(38-17)39-19-4-9-28(16-31)21-5-8-27(2)20(18-12-24(32)37-15-18)7-11-30(27,35)22(21)6-10-29(28,34)14-19/h12,16-17,19-23,25-26,33-35H,4-11,13-15H2,1-3H3/t17-,19+,20-,21-,22-,23+,25+,26-,27-,28+,29+,30+/m1/s1. The zero-order chi connectivity index (χ0) is 27.8. The number of hydrogen-bond acceptors (Lipinski definition) is 9. The Morgan fingerprint density at radius 1 is 1.08 bits per heavy atom. The van der Waals surface area contributed by atoms with Gasteiger partial charge >= 0.3 is 5.97 Å². The van der Waals surface area contributed by atoms with Gasteiger partial charge in [0.1, 0.15) is 19.0 Å². The maximum atomic E-state index is 13.0. The summed E-state index contributed by atoms with van der Waals surface area (Å²) in [7, 11) is 1.57. The van der Waals surface area contributed by atoms with E-state index >= 15 is 0 Å². The van der Waals surface area contributed by atoms with Crippen LogP contribution in [0.15, 0.2) is 11.6 Å². The van der Waals surface area contributed by atoms with Crippen molar-refractivity contribution < 1.29 is 43.9 Å². The highest BCUT2D eigenvalue weighted by atomic mass is 16.7. The molecule has 0 aromatic rings. The van der Waals surface area contributed by atoms with Crippen molar-refractivity contribution in [2.45, 2.75) is 120 Å². The molecule has 0 radical (unpaired) electrons. The second-order valence-electron chi connectivity index (χ2n) is 13.5. The van der Waals surface area contributed by atoms with Gasteiger partial charge in [-0.15, -0.1) is 0 Å². The first-order valence-corrected chi connectivity index (χ1v) is 14.8. The van der Waals surface area contributed by atoms with Gasteiger partial charge in [0.15, 0.2) is 6.29 Å². The number of rotatable bonds is 5. The van der Waals surface area contributed by atoms with Crippen LogP contribution in [0.25, 0.3) is 0 Å². The van der Waals surface area contributed by atoms with Gasteiger partial charge in [-0.1, -0.05) is 6.92 Å². The van der Waals surface area contributed by atoms with E-state index in [9.17, 15) is 24.9 Å². The summed E-state index contributed by atoms with van der Waals surface area (Å²) in [6, 6.07) is 0. The van der Waals surface area contributed by atoms with E-state index in [4.69, 9.17) is 18.9 Å². The van der Waals surface area contributed by atoms with E-state index in [0.717, 1.165) is 31.1 Å². The summed E-state index contributed by atoms with van der Waals surface area (Å²) in [5, 5.41) is 34.8. The Labute approximate surface area is 230 Å². The van der Waals surface area contributed by atoms with Crippen LogP contribution in [0, 0.1) is 28.6 Å². The molecule has 0 aromatic carbocycles. The fourth-order valence-corrected chi connectivity index (χ4v) is 9.98. The molecule has 218 valence electrons. The summed E-state index contributed by atoms with van der Waals surface area (Å²) in [6.07, 6.45) is 6.10. The van der Waals surface area contributed by atoms with Gasteiger partial charge in [0, 0.05) is 31.4 Å². The fourth-order valence-electron chi connectivity index (χ4n) is 9.98. The number of hydrogen-bond donors (Lipinski definition) is 3. The van der Waals surface area contributed by atoms with E-state index in [0.29, 0.717) is 51.6 Å². The zero-order valence-corrected chi connectivity index (χ0v) is 23.3. The molecule has 2 aliphatic heterocycles. The van der Waals surface area contributed by atoms with Crippen LogP contribution in [-0.4, -0.2) is 83.2 Å². The minimum Gasteiger partial charge on any atom is -0.458 e. The minimum atomic E-state index is -1.21. The van der Waals surface area contributed by atoms with Gasteiger partial charge < -0.3 is 39.1 Å². The van der Waals surface area contributed by atoms with Crippen molar-refractivity contribution in [2.24, 2.45) is 28.6 Å². The van der Waals surface area contributed by atoms with E-state index < -0.39 is 40.5 Å². The number of carbonyl (C=O) groups is 2. The normalized spacial score (nSPS) is 53.3. The van der Waals surface area contributed by atoms with Crippen molar-refractivity contribution in [2.75, 3.05) is 13.7 Å². The van der Waals surface area contributed by atoms with E-state index in [1.807, 2.05) is 0 Å². The van der Waals surface area contributed by atoms with Crippen LogP contribution >= 0.6 is 0 Å². The predicted molar refractivity (Wildman–Crippen MR) is 138 cm³/mol. The molecule has 12 atom stereocenters. The number of methoxy groups -OCH3 is 1. The first-order chi connectivity index (χ1) is 18.5. The molecular weight excluding hydrogens is 504 g/mol. The van der Waals surface area contributed by atoms with Gasteiger partial charge in [0.2, 0.25) is 0 Å². The van der Waals surface area contributed by atoms with Crippen molar-refractivity contribution in [3.05, 3.63) is 11.6 Å². The Morgan fingerprint density at radius 2 is 1.85 bits per heavy atom. The van der Waals surface area contributed by atoms with Crippen molar-refractivity contribution in [1.82, 2.24) is 0 Å². The maximum Gasteiger partial charge on any atom is 0.331 e. The van der Waals surface area contributed by atoms with Crippen LogP contribution in [0.2, 0.25) is 0 Å². The van der Waals surface area contributed by atoms with E-state index in [2.05, 4.69) is 6.92 Å². The largest absolute Gasteiger partial charge is 0.458 e. The molecule has 5 fully saturated rings. The average molecular weight is 549 g/mol. The van der Waals surface area contributed by atoms with E-state index in [1.54, 1.807) is 20.1 Å². The van der Waals surface area contributed by atoms with Gasteiger partial charge in [-0.25, -0.2) is 4.79 Å². The summed E-state index contributed by atoms with van der Waals surface area (Å²) in [4.78, 5) is 24.8. The highest BCUT2D eigenvalue weighted by molar-refractivity contribution is 5.85. The monoisotopic (exact) mass is 548 g/mol. The smallest absolute Gasteiger partial charge is 0.331 e. The molecule has 4 saturated carbocycles. The average Bonchev–Trinajstić information content (AvgIpc) is 3.45. The van der Waals surface area contributed by atoms with Crippen LogP contribution in [-0.2, 0) is 28.5 Å². The lowest BCUT2D eigenvalue weighted by Crippen LogP contribution is -2.69. The number of carbonyl (C=O) groups excluding carboxylic acids is 2. The van der Waals surface area contributed by atoms with Gasteiger partial charge in [-0.05, 0) is 81.6 Å². The lowest BCUT2D eigenvalue weighted by atomic mass is 9.41. The van der Waals surface area contributed by atoms with Crippen LogP contribution in [0.1, 0.15) is 78.1 Å². The van der Waals surface area contributed by atoms with Crippen LogP contribution < -0.4 is 0 Å². The summed E-state index contributed by atoms with van der Waals surface area (Å²) >= 11 is 0. The summed E-state index contributed by atoms with van der Waals surface area (Å²) < 4.78 is 22.9. The topological polar surface area (TPSA) is 132 Å². The van der Waals surface area contributed by atoms with Crippen molar-refractivity contribution >= 4 is 12.3 Å². The first-order valence-electron chi connectivity index (χ1n) is 14.8. The lowest BCUT2D eigenvalue weighted by Gasteiger charge is -2.65. The number of esters is 1. The SMILES string of the molecule is CO[C@H]1C[C@H](O[C@H]2CC[C@]3(C=O)[C@@H]4CC[C@]5(C)[C@@H](C6=CC(=O)OC6)CC[C@]5(O)[C@@H]4CC[C@]3(O)C2)O[C@H](C)[C@H]1O. The molecule has 9 nitrogen and oxygen atoms in total. The van der Waals surface area contributed by atoms with Crippen molar-refractivity contribution in [1.29, 1.82) is 0 Å². The zero-order valence-electron chi connectivity index (χ0n) is 23.3. The molecule has 6 rings (SSSR count). The minimum absolute atomic E-state index is 0.0827. The summed E-state index contributed by atoms with van der Waals surface area (Å²) in [5.41, 5.74) is -2.52. The fraction of sp³-hybridized carbons (Fsp3) is 0.867. The Hall–Kier alpha value is -1.36. The number of fused-ring (bicyclic) bond motifs is 5. The quantitative estimate of drug-likeness (QED) is 0.269. The Balaban J connectivity index is 1.21. The molecule has 0 amide bonds. The number of aliphatic hydroxyl groups is 3. The van der Waals surface area contributed by atoms with Gasteiger partial charge in [0.25, 0.3) is 0 Å². The van der Waals surface area contributed by atoms with Crippen molar-refractivity contribution in [3.63, 3.8) is 0 Å². The highest BCUT2D eigenvalue weighted by Gasteiger charge is 2.71. The van der Waals surface area contributed by atoms with Crippen LogP contribution in [0.5, 0.6) is 0 Å². The molecule has 39 heavy (non-hydrogen) atoms. The second kappa shape index (κ2) is 9.60. The molecule has 4 aliphatic carbocycles. The third-order valence-corrected chi connectivity index (χ3v) is 12.1. The van der Waals surface area contributed by atoms with E-state index in [1.165, 1.54) is 0 Å². The highest BCUT2D eigenvalue weighted by Crippen LogP contribution is 2.70.